The molecule has 0 aliphatic carbocycles. The van der Waals surface area contributed by atoms with Gasteiger partial charge in [0.15, 0.2) is 14.7 Å². The molecule has 0 nitrogen and oxygen atoms in total. The van der Waals surface area contributed by atoms with Crippen molar-refractivity contribution < 1.29 is 8.78 Å². The normalized spacial score (nSPS) is 12.2. The summed E-state index contributed by atoms with van der Waals surface area (Å²) in [5.41, 5.74) is 0. The van der Waals surface area contributed by atoms with Crippen LogP contribution in [0, 0.1) is 11.6 Å². The Kier molecular flexibility index (Phi) is 6.22. The van der Waals surface area contributed by atoms with Crippen molar-refractivity contribution in [3.63, 3.8) is 0 Å². The topological polar surface area (TPSA) is 0 Å². The molecule has 6 aromatic carbocycles. The molecule has 0 radical (unpaired) electrons. The van der Waals surface area contributed by atoms with Gasteiger partial charge in [0.25, 0.3) is 0 Å². The zero-order valence-electron chi connectivity index (χ0n) is 19.2. The number of rotatable bonds is 5. The molecule has 0 aliphatic rings. The zero-order chi connectivity index (χ0) is 24.5. The summed E-state index contributed by atoms with van der Waals surface area (Å²) in [6, 6.07) is 40.8. The van der Waals surface area contributed by atoms with Gasteiger partial charge in [-0.1, -0.05) is 66.4 Å². The Morgan fingerprint density at radius 3 is 1.78 bits per heavy atom. The third kappa shape index (κ3) is 4.62. The van der Waals surface area contributed by atoms with E-state index in [1.165, 1.54) is 29.0 Å². The highest BCUT2D eigenvalue weighted by Crippen LogP contribution is 2.41. The number of hydrogen-bond acceptors (Lipinski definition) is 1. The van der Waals surface area contributed by atoms with Crippen LogP contribution >= 0.6 is 11.8 Å². The van der Waals surface area contributed by atoms with E-state index in [-0.39, 0.29) is 11.6 Å². The maximum absolute atomic E-state index is 14.7. The molecule has 36 heavy (non-hydrogen) atoms. The lowest BCUT2D eigenvalue weighted by molar-refractivity contribution is 0.621. The predicted octanol–water partition coefficient (Wildman–Crippen LogP) is 9.52. The lowest BCUT2D eigenvalue weighted by Crippen LogP contribution is -2.07. The van der Waals surface area contributed by atoms with Gasteiger partial charge in [0.2, 0.25) is 0 Å². The van der Waals surface area contributed by atoms with Gasteiger partial charge < -0.3 is 0 Å². The van der Waals surface area contributed by atoms with Crippen LogP contribution < -0.4 is 0 Å². The highest BCUT2D eigenvalue weighted by molar-refractivity contribution is 8.01. The Morgan fingerprint density at radius 1 is 0.472 bits per heavy atom. The van der Waals surface area contributed by atoms with E-state index < -0.39 is 10.9 Å². The van der Waals surface area contributed by atoms with E-state index in [0.29, 0.717) is 0 Å². The van der Waals surface area contributed by atoms with Gasteiger partial charge in [0.05, 0.1) is 4.90 Å². The summed E-state index contributed by atoms with van der Waals surface area (Å²) in [5.74, 6) is -0.570. The Balaban J connectivity index is 1.51. The molecule has 6 aromatic rings. The van der Waals surface area contributed by atoms with Crippen molar-refractivity contribution >= 4 is 44.2 Å². The van der Waals surface area contributed by atoms with Crippen molar-refractivity contribution in [3.8, 4) is 0 Å². The molecular weight excluding hydrogens is 486 g/mol. The number of halogens is 2. The van der Waals surface area contributed by atoms with Crippen molar-refractivity contribution in [1.82, 2.24) is 0 Å². The fraction of sp³-hybridized carbons (Fsp3) is 0. The van der Waals surface area contributed by atoms with Crippen molar-refractivity contribution in [1.29, 1.82) is 0 Å². The Labute approximate surface area is 216 Å². The van der Waals surface area contributed by atoms with Crippen molar-refractivity contribution in [2.45, 2.75) is 24.5 Å². The first-order valence-corrected chi connectivity index (χ1v) is 13.6. The summed E-state index contributed by atoms with van der Waals surface area (Å²) in [6.45, 7) is 0. The quantitative estimate of drug-likeness (QED) is 0.209. The minimum absolute atomic E-state index is 0.284. The smallest absolute Gasteiger partial charge is 0.183 e. The zero-order valence-corrected chi connectivity index (χ0v) is 20.8. The molecule has 6 rings (SSSR count). The molecule has 0 N–H and O–H groups in total. The van der Waals surface area contributed by atoms with Gasteiger partial charge in [-0.25, -0.2) is 8.78 Å². The monoisotopic (exact) mass is 507 g/mol. The Hall–Kier alpha value is -3.60. The Bertz CT molecular complexity index is 1690. The number of fused-ring (bicyclic) bond motifs is 2. The highest BCUT2D eigenvalue weighted by Gasteiger charge is 2.32. The number of hydrogen-bond donors (Lipinski definition) is 0. The van der Waals surface area contributed by atoms with Gasteiger partial charge in [-0.15, -0.1) is 0 Å². The molecular formula is C32H21F2S2+. The van der Waals surface area contributed by atoms with Crippen LogP contribution in [0.3, 0.4) is 0 Å². The molecule has 4 heteroatoms. The average molecular weight is 508 g/mol. The molecule has 0 aliphatic heterocycles. The summed E-state index contributed by atoms with van der Waals surface area (Å²) in [5, 5.41) is 4.62. The van der Waals surface area contributed by atoms with Gasteiger partial charge >= 0.3 is 0 Å². The first kappa shape index (κ1) is 22.8. The van der Waals surface area contributed by atoms with Crippen LogP contribution in [0.4, 0.5) is 8.78 Å². The molecule has 0 saturated heterocycles. The van der Waals surface area contributed by atoms with Gasteiger partial charge in [0, 0.05) is 17.0 Å². The SMILES string of the molecule is Fc1ccc([S+](c2ccc3ccccc3c2)c2cc(F)ccc2Sc2ccc3ccccc3c2)cc1. The largest absolute Gasteiger partial charge is 0.207 e. The van der Waals surface area contributed by atoms with E-state index in [4.69, 9.17) is 0 Å². The first-order chi connectivity index (χ1) is 17.6. The Morgan fingerprint density at radius 2 is 1.06 bits per heavy atom. The van der Waals surface area contributed by atoms with Gasteiger partial charge in [-0.2, -0.15) is 0 Å². The van der Waals surface area contributed by atoms with Crippen LogP contribution in [-0.4, -0.2) is 0 Å². The second kappa shape index (κ2) is 9.81. The highest BCUT2D eigenvalue weighted by atomic mass is 32.2. The lowest BCUT2D eigenvalue weighted by Gasteiger charge is -2.13. The molecule has 0 aromatic heterocycles. The van der Waals surface area contributed by atoms with Crippen molar-refractivity contribution in [2.24, 2.45) is 0 Å². The maximum Gasteiger partial charge on any atom is 0.183 e. The summed E-state index contributed by atoms with van der Waals surface area (Å²) in [7, 11) is -0.629. The molecule has 0 bridgehead atoms. The van der Waals surface area contributed by atoms with E-state index in [1.807, 2.05) is 42.5 Å². The summed E-state index contributed by atoms with van der Waals surface area (Å²) < 4.78 is 28.6. The average Bonchev–Trinajstić information content (AvgIpc) is 2.91. The van der Waals surface area contributed by atoms with Gasteiger partial charge in [0.1, 0.15) is 22.5 Å². The fourth-order valence-electron chi connectivity index (χ4n) is 4.34. The van der Waals surface area contributed by atoms with Crippen LogP contribution in [0.5, 0.6) is 0 Å². The second-order valence-corrected chi connectivity index (χ2v) is 11.6. The molecule has 1 unspecified atom stereocenters. The maximum atomic E-state index is 14.7. The third-order valence-corrected chi connectivity index (χ3v) is 9.52. The summed E-state index contributed by atoms with van der Waals surface area (Å²) in [4.78, 5) is 4.95. The van der Waals surface area contributed by atoms with Crippen LogP contribution in [0.25, 0.3) is 21.5 Å². The fourth-order valence-corrected chi connectivity index (χ4v) is 7.72. The van der Waals surface area contributed by atoms with Crippen LogP contribution in [-0.2, 0) is 10.9 Å². The third-order valence-electron chi connectivity index (χ3n) is 6.08. The minimum Gasteiger partial charge on any atom is -0.207 e. The molecule has 0 spiro atoms. The molecule has 0 saturated carbocycles. The van der Waals surface area contributed by atoms with E-state index >= 15 is 0 Å². The number of benzene rings is 6. The lowest BCUT2D eigenvalue weighted by atomic mass is 10.1. The van der Waals surface area contributed by atoms with E-state index in [2.05, 4.69) is 60.7 Å². The first-order valence-electron chi connectivity index (χ1n) is 11.6. The standard InChI is InChI=1S/C32H21F2S2/c33-26-11-16-29(17-12-26)36(30-15-10-23-6-2-4-8-25(23)20-30)32-21-27(34)13-18-31(32)35-28-14-9-22-5-1-3-7-24(22)19-28/h1-21H/q+1. The van der Waals surface area contributed by atoms with Gasteiger partial charge in [-0.05, 0) is 82.2 Å². The molecule has 174 valence electrons. The minimum atomic E-state index is -0.629. The summed E-state index contributed by atoms with van der Waals surface area (Å²) >= 11 is 1.63. The molecule has 0 amide bonds. The predicted molar refractivity (Wildman–Crippen MR) is 147 cm³/mol. The van der Waals surface area contributed by atoms with E-state index in [1.54, 1.807) is 17.8 Å². The van der Waals surface area contributed by atoms with Crippen molar-refractivity contribution in [3.05, 3.63) is 139 Å². The van der Waals surface area contributed by atoms with Crippen LogP contribution in [0.2, 0.25) is 0 Å². The van der Waals surface area contributed by atoms with Gasteiger partial charge in [-0.3, -0.25) is 0 Å². The van der Waals surface area contributed by atoms with Crippen LogP contribution in [0.1, 0.15) is 0 Å². The summed E-state index contributed by atoms with van der Waals surface area (Å²) in [6.07, 6.45) is 0. The molecule has 0 fully saturated rings. The van der Waals surface area contributed by atoms with E-state index in [9.17, 15) is 8.78 Å². The molecule has 0 heterocycles. The van der Waals surface area contributed by atoms with Crippen molar-refractivity contribution in [2.75, 3.05) is 0 Å². The second-order valence-electron chi connectivity index (χ2n) is 8.47. The van der Waals surface area contributed by atoms with E-state index in [0.717, 1.165) is 35.2 Å². The van der Waals surface area contributed by atoms with Crippen LogP contribution in [0.15, 0.2) is 152 Å². The molecule has 1 atom stereocenters.